The lowest BCUT2D eigenvalue weighted by molar-refractivity contribution is -0.119. The maximum Gasteiger partial charge on any atom is 0.340 e. The molecular weight excluding hydrogens is 358 g/mol. The normalized spacial score (nSPS) is 10.8. The lowest BCUT2D eigenvalue weighted by Gasteiger charge is -2.23. The number of methoxy groups -OCH3 is 1. The Morgan fingerprint density at radius 2 is 1.92 bits per heavy atom. The Morgan fingerprint density at radius 3 is 2.54 bits per heavy atom. The van der Waals surface area contributed by atoms with Crippen LogP contribution >= 0.6 is 0 Å². The predicted molar refractivity (Wildman–Crippen MR) is 96.1 cm³/mol. The third-order valence-electron chi connectivity index (χ3n) is 3.48. The Bertz CT molecular complexity index is 884. The first-order valence-electron chi connectivity index (χ1n) is 7.63. The van der Waals surface area contributed by atoms with E-state index in [1.165, 1.54) is 19.2 Å². The third-order valence-corrected chi connectivity index (χ3v) is 4.60. The zero-order valence-electron chi connectivity index (χ0n) is 14.4. The number of nitrogens with zero attached hydrogens (tertiary/aromatic N) is 2. The van der Waals surface area contributed by atoms with E-state index in [1.807, 2.05) is 0 Å². The summed E-state index contributed by atoms with van der Waals surface area (Å²) in [6.45, 7) is -0.254. The van der Waals surface area contributed by atoms with E-state index in [-0.39, 0.29) is 17.8 Å². The average Bonchev–Trinajstić information content (AvgIpc) is 2.63. The molecule has 0 radical (unpaired) electrons. The summed E-state index contributed by atoms with van der Waals surface area (Å²) >= 11 is 0. The van der Waals surface area contributed by atoms with Crippen molar-refractivity contribution in [2.75, 3.05) is 24.2 Å². The van der Waals surface area contributed by atoms with Gasteiger partial charge in [-0.3, -0.25) is 14.1 Å². The fourth-order valence-corrected chi connectivity index (χ4v) is 3.11. The van der Waals surface area contributed by atoms with Gasteiger partial charge < -0.3 is 10.1 Å². The van der Waals surface area contributed by atoms with Crippen LogP contribution in [0.2, 0.25) is 0 Å². The molecule has 138 valence electrons. The maximum absolute atomic E-state index is 12.2. The van der Waals surface area contributed by atoms with Gasteiger partial charge >= 0.3 is 5.97 Å². The van der Waals surface area contributed by atoms with Crippen LogP contribution in [0.5, 0.6) is 0 Å². The number of hydrogen-bond donors (Lipinski definition) is 1. The molecule has 0 aliphatic heterocycles. The molecule has 0 bridgehead atoms. The number of nitrogens with one attached hydrogen (secondary N) is 1. The van der Waals surface area contributed by atoms with Gasteiger partial charge in [-0.25, -0.2) is 13.2 Å². The summed E-state index contributed by atoms with van der Waals surface area (Å²) in [6, 6.07) is 9.56. The largest absolute Gasteiger partial charge is 0.465 e. The first kappa shape index (κ1) is 19.4. The molecule has 1 aromatic carbocycles. The number of hydrogen-bond acceptors (Lipinski definition) is 6. The molecule has 2 rings (SSSR count). The van der Waals surface area contributed by atoms with Crippen LogP contribution in [-0.2, 0) is 26.1 Å². The molecule has 8 nitrogen and oxygen atoms in total. The van der Waals surface area contributed by atoms with E-state index in [1.54, 1.807) is 36.7 Å². The van der Waals surface area contributed by atoms with Crippen molar-refractivity contribution in [1.29, 1.82) is 0 Å². The smallest absolute Gasteiger partial charge is 0.340 e. The Hall–Kier alpha value is -2.94. The fraction of sp³-hybridized carbons (Fsp3) is 0.235. The number of para-hydroxylation sites is 1. The molecule has 9 heteroatoms. The molecule has 0 aliphatic rings. The van der Waals surface area contributed by atoms with E-state index in [2.05, 4.69) is 15.0 Å². The van der Waals surface area contributed by atoms with E-state index in [0.29, 0.717) is 0 Å². The summed E-state index contributed by atoms with van der Waals surface area (Å²) in [5.41, 5.74) is 0.917. The van der Waals surface area contributed by atoms with Gasteiger partial charge in [-0.15, -0.1) is 0 Å². The van der Waals surface area contributed by atoms with Crippen LogP contribution in [0.3, 0.4) is 0 Å². The van der Waals surface area contributed by atoms with Crippen molar-refractivity contribution in [2.45, 2.75) is 6.54 Å². The van der Waals surface area contributed by atoms with Crippen molar-refractivity contribution in [3.05, 3.63) is 59.9 Å². The highest BCUT2D eigenvalue weighted by Gasteiger charge is 2.25. The molecule has 0 spiro atoms. The minimum atomic E-state index is -3.81. The van der Waals surface area contributed by atoms with Crippen molar-refractivity contribution in [2.24, 2.45) is 0 Å². The summed E-state index contributed by atoms with van der Waals surface area (Å²) < 4.78 is 29.9. The average molecular weight is 377 g/mol. The summed E-state index contributed by atoms with van der Waals surface area (Å²) in [6.07, 6.45) is 4.18. The molecule has 1 heterocycles. The number of ether oxygens (including phenoxy) is 1. The van der Waals surface area contributed by atoms with Crippen molar-refractivity contribution in [3.63, 3.8) is 0 Å². The summed E-state index contributed by atoms with van der Waals surface area (Å²) in [5.74, 6) is -1.20. The Labute approximate surface area is 151 Å². The number of sulfonamides is 1. The number of amides is 1. The molecular formula is C17H19N3O5S. The Kier molecular flexibility index (Phi) is 6.29. The molecule has 1 N–H and O–H groups in total. The van der Waals surface area contributed by atoms with Crippen molar-refractivity contribution >= 4 is 27.6 Å². The standard InChI is InChI=1S/C17H19N3O5S/c1-25-17(22)14-7-3-4-8-15(14)20(26(2,23)24)12-16(21)19-11-13-6-5-9-18-10-13/h3-10H,11-12H2,1-2H3,(H,19,21). The molecule has 0 atom stereocenters. The van der Waals surface area contributed by atoms with E-state index in [9.17, 15) is 18.0 Å². The number of carbonyl (C=O) groups is 2. The highest BCUT2D eigenvalue weighted by atomic mass is 32.2. The highest BCUT2D eigenvalue weighted by molar-refractivity contribution is 7.92. The first-order valence-corrected chi connectivity index (χ1v) is 9.48. The first-order chi connectivity index (χ1) is 12.3. The van der Waals surface area contributed by atoms with Gasteiger partial charge in [0, 0.05) is 18.9 Å². The maximum atomic E-state index is 12.2. The number of carbonyl (C=O) groups excluding carboxylic acids is 2. The quantitative estimate of drug-likeness (QED) is 0.720. The van der Waals surface area contributed by atoms with Crippen molar-refractivity contribution in [3.8, 4) is 0 Å². The lowest BCUT2D eigenvalue weighted by atomic mass is 10.2. The minimum Gasteiger partial charge on any atom is -0.465 e. The van der Waals surface area contributed by atoms with Crippen LogP contribution in [0.4, 0.5) is 5.69 Å². The Balaban J connectivity index is 2.21. The number of rotatable bonds is 7. The molecule has 0 saturated carbocycles. The summed E-state index contributed by atoms with van der Waals surface area (Å²) in [7, 11) is -2.61. The van der Waals surface area contributed by atoms with E-state index in [4.69, 9.17) is 0 Å². The molecule has 0 fully saturated rings. The monoisotopic (exact) mass is 377 g/mol. The van der Waals surface area contributed by atoms with E-state index >= 15 is 0 Å². The second-order valence-corrected chi connectivity index (χ2v) is 7.32. The summed E-state index contributed by atoms with van der Waals surface area (Å²) in [5, 5.41) is 2.63. The predicted octanol–water partition coefficient (Wildman–Crippen LogP) is 0.951. The van der Waals surface area contributed by atoms with Gasteiger partial charge in [-0.2, -0.15) is 0 Å². The van der Waals surface area contributed by atoms with Gasteiger partial charge in [0.1, 0.15) is 6.54 Å². The molecule has 2 aromatic rings. The molecule has 1 aromatic heterocycles. The Morgan fingerprint density at radius 1 is 1.19 bits per heavy atom. The molecule has 0 saturated heterocycles. The van der Waals surface area contributed by atoms with Crippen LogP contribution in [0.1, 0.15) is 15.9 Å². The SMILES string of the molecule is COC(=O)c1ccccc1N(CC(=O)NCc1cccnc1)S(C)(=O)=O. The van der Waals surface area contributed by atoms with Crippen molar-refractivity contribution in [1.82, 2.24) is 10.3 Å². The van der Waals surface area contributed by atoms with Gasteiger partial charge in [-0.05, 0) is 23.8 Å². The second-order valence-electron chi connectivity index (χ2n) is 5.42. The number of pyridine rings is 1. The van der Waals surface area contributed by atoms with Crippen LogP contribution in [0, 0.1) is 0 Å². The van der Waals surface area contributed by atoms with Crippen LogP contribution in [0.15, 0.2) is 48.8 Å². The molecule has 0 unspecified atom stereocenters. The molecule has 0 aliphatic carbocycles. The van der Waals surface area contributed by atoms with E-state index in [0.717, 1.165) is 16.1 Å². The van der Waals surface area contributed by atoms with Gasteiger partial charge in [0.25, 0.3) is 0 Å². The van der Waals surface area contributed by atoms with Crippen LogP contribution < -0.4 is 9.62 Å². The second kappa shape index (κ2) is 8.43. The highest BCUT2D eigenvalue weighted by Crippen LogP contribution is 2.23. The number of esters is 1. The fourth-order valence-electron chi connectivity index (χ4n) is 2.24. The zero-order valence-corrected chi connectivity index (χ0v) is 15.2. The molecule has 1 amide bonds. The zero-order chi connectivity index (χ0) is 19.2. The summed E-state index contributed by atoms with van der Waals surface area (Å²) in [4.78, 5) is 28.1. The number of benzene rings is 1. The number of aromatic nitrogens is 1. The van der Waals surface area contributed by atoms with Crippen LogP contribution in [0.25, 0.3) is 0 Å². The van der Waals surface area contributed by atoms with E-state index < -0.39 is 28.4 Å². The lowest BCUT2D eigenvalue weighted by Crippen LogP contribution is -2.40. The molecule has 26 heavy (non-hydrogen) atoms. The van der Waals surface area contributed by atoms with Crippen molar-refractivity contribution < 1.29 is 22.7 Å². The topological polar surface area (TPSA) is 106 Å². The van der Waals surface area contributed by atoms with Gasteiger partial charge in [0.15, 0.2) is 0 Å². The minimum absolute atomic E-state index is 0.0560. The van der Waals surface area contributed by atoms with Gasteiger partial charge in [-0.1, -0.05) is 18.2 Å². The van der Waals surface area contributed by atoms with Gasteiger partial charge in [0.2, 0.25) is 15.9 Å². The van der Waals surface area contributed by atoms with Gasteiger partial charge in [0.05, 0.1) is 24.6 Å². The number of anilines is 1. The third kappa shape index (κ3) is 5.03. The van der Waals surface area contributed by atoms with Crippen LogP contribution in [-0.4, -0.2) is 45.2 Å².